The van der Waals surface area contributed by atoms with Crippen molar-refractivity contribution < 1.29 is 19.1 Å². The maximum Gasteiger partial charge on any atom is 0.246 e. The van der Waals surface area contributed by atoms with Crippen molar-refractivity contribution in [2.45, 2.75) is 25.8 Å². The van der Waals surface area contributed by atoms with Gasteiger partial charge in [-0.05, 0) is 44.0 Å². The van der Waals surface area contributed by atoms with Crippen LogP contribution in [-0.2, 0) is 9.59 Å². The average Bonchev–Trinajstić information content (AvgIpc) is 3.40. The zero-order valence-corrected chi connectivity index (χ0v) is 24.6. The number of carbonyl (C=O) groups is 2. The maximum atomic E-state index is 12.9. The summed E-state index contributed by atoms with van der Waals surface area (Å²) in [7, 11) is 3.25. The van der Waals surface area contributed by atoms with Crippen LogP contribution in [0.25, 0.3) is 22.3 Å². The summed E-state index contributed by atoms with van der Waals surface area (Å²) in [6.07, 6.45) is 6.59. The second-order valence-electron chi connectivity index (χ2n) is 11.0. The molecule has 2 saturated heterocycles. The van der Waals surface area contributed by atoms with Crippen LogP contribution in [-0.4, -0.2) is 81.8 Å². The SMILES string of the molecule is C=CC(=O)N1CC(C(=O)N2CCC(n3ncc(-c4cnc5ccc(Nc6cc(OC)cc(OC)c6)cc5n4)c3C)CC2)C1. The summed E-state index contributed by atoms with van der Waals surface area (Å²) in [5.74, 6) is 1.30. The largest absolute Gasteiger partial charge is 0.497 e. The van der Waals surface area contributed by atoms with Gasteiger partial charge in [-0.3, -0.25) is 19.3 Å². The van der Waals surface area contributed by atoms with Crippen molar-refractivity contribution in [3.63, 3.8) is 0 Å². The van der Waals surface area contributed by atoms with Gasteiger partial charge in [0.05, 0.1) is 55.3 Å². The quantitative estimate of drug-likeness (QED) is 0.305. The number of nitrogens with zero attached hydrogens (tertiary/aromatic N) is 6. The summed E-state index contributed by atoms with van der Waals surface area (Å²) in [4.78, 5) is 37.8. The van der Waals surface area contributed by atoms with E-state index in [1.165, 1.54) is 6.08 Å². The Hall–Kier alpha value is -4.93. The smallest absolute Gasteiger partial charge is 0.246 e. The first-order valence-electron chi connectivity index (χ1n) is 14.4. The van der Waals surface area contributed by atoms with Crippen molar-refractivity contribution in [2.24, 2.45) is 5.92 Å². The molecular weight excluding hydrogens is 546 g/mol. The number of methoxy groups -OCH3 is 2. The van der Waals surface area contributed by atoms with Gasteiger partial charge in [0.15, 0.2) is 0 Å². The normalized spacial score (nSPS) is 15.7. The predicted molar refractivity (Wildman–Crippen MR) is 163 cm³/mol. The Kier molecular flexibility index (Phi) is 7.71. The van der Waals surface area contributed by atoms with E-state index in [2.05, 4.69) is 28.5 Å². The third kappa shape index (κ3) is 5.62. The van der Waals surface area contributed by atoms with Gasteiger partial charge in [0.25, 0.3) is 0 Å². The number of ether oxygens (including phenoxy) is 2. The Balaban J connectivity index is 1.14. The van der Waals surface area contributed by atoms with Gasteiger partial charge in [-0.15, -0.1) is 0 Å². The first-order valence-corrected chi connectivity index (χ1v) is 14.4. The molecule has 0 radical (unpaired) electrons. The van der Waals surface area contributed by atoms with Gasteiger partial charge in [-0.25, -0.2) is 4.98 Å². The molecule has 222 valence electrons. The molecule has 11 heteroatoms. The van der Waals surface area contributed by atoms with Gasteiger partial charge >= 0.3 is 0 Å². The van der Waals surface area contributed by atoms with E-state index in [1.54, 1.807) is 25.3 Å². The molecule has 6 rings (SSSR count). The first kappa shape index (κ1) is 28.2. The number of likely N-dealkylation sites (tertiary alicyclic amines) is 2. The van der Waals surface area contributed by atoms with Gasteiger partial charge in [-0.2, -0.15) is 5.10 Å². The van der Waals surface area contributed by atoms with Gasteiger partial charge < -0.3 is 24.6 Å². The summed E-state index contributed by atoms with van der Waals surface area (Å²) in [5, 5.41) is 8.13. The van der Waals surface area contributed by atoms with Gasteiger partial charge in [0, 0.05) is 67.0 Å². The Morgan fingerprint density at radius 2 is 1.67 bits per heavy atom. The third-order valence-electron chi connectivity index (χ3n) is 8.34. The van der Waals surface area contributed by atoms with Crippen molar-refractivity contribution in [3.8, 4) is 22.8 Å². The van der Waals surface area contributed by atoms with E-state index in [0.717, 1.165) is 52.2 Å². The molecule has 0 unspecified atom stereocenters. The summed E-state index contributed by atoms with van der Waals surface area (Å²) in [6, 6.07) is 11.7. The number of nitrogens with one attached hydrogen (secondary N) is 1. The van der Waals surface area contributed by atoms with Crippen LogP contribution < -0.4 is 14.8 Å². The fraction of sp³-hybridized carbons (Fsp3) is 0.344. The van der Waals surface area contributed by atoms with Crippen LogP contribution in [0.4, 0.5) is 11.4 Å². The molecule has 2 amide bonds. The van der Waals surface area contributed by atoms with Crippen LogP contribution in [0.15, 0.2) is 61.4 Å². The zero-order valence-electron chi connectivity index (χ0n) is 24.6. The Morgan fingerprint density at radius 3 is 2.35 bits per heavy atom. The number of rotatable bonds is 8. The highest BCUT2D eigenvalue weighted by molar-refractivity contribution is 5.90. The Morgan fingerprint density at radius 1 is 0.953 bits per heavy atom. The molecule has 43 heavy (non-hydrogen) atoms. The number of hydrogen-bond acceptors (Lipinski definition) is 8. The van der Waals surface area contributed by atoms with E-state index in [0.29, 0.717) is 37.7 Å². The number of amides is 2. The van der Waals surface area contributed by atoms with Crippen molar-refractivity contribution in [1.82, 2.24) is 29.5 Å². The first-order chi connectivity index (χ1) is 20.9. The van der Waals surface area contributed by atoms with Crippen molar-refractivity contribution >= 4 is 34.2 Å². The molecular formula is C32H35N7O4. The van der Waals surface area contributed by atoms with Gasteiger partial charge in [0.2, 0.25) is 11.8 Å². The third-order valence-corrected chi connectivity index (χ3v) is 8.34. The number of benzene rings is 2. The number of hydrogen-bond donors (Lipinski definition) is 1. The predicted octanol–water partition coefficient (Wildman–Crippen LogP) is 4.37. The average molecular weight is 582 g/mol. The van der Waals surface area contributed by atoms with E-state index in [9.17, 15) is 9.59 Å². The van der Waals surface area contributed by atoms with Crippen LogP contribution in [0.3, 0.4) is 0 Å². The van der Waals surface area contributed by atoms with Crippen LogP contribution in [0, 0.1) is 12.8 Å². The second-order valence-corrected chi connectivity index (χ2v) is 11.0. The molecule has 4 heterocycles. The van der Waals surface area contributed by atoms with Crippen molar-refractivity contribution in [2.75, 3.05) is 45.7 Å². The van der Waals surface area contributed by atoms with Gasteiger partial charge in [0.1, 0.15) is 11.5 Å². The van der Waals surface area contributed by atoms with Crippen LogP contribution in [0.1, 0.15) is 24.6 Å². The number of aromatic nitrogens is 4. The van der Waals surface area contributed by atoms with E-state index >= 15 is 0 Å². The number of carbonyl (C=O) groups excluding carboxylic acids is 2. The molecule has 2 aromatic carbocycles. The summed E-state index contributed by atoms with van der Waals surface area (Å²) in [5.41, 5.74) is 5.97. The van der Waals surface area contributed by atoms with E-state index < -0.39 is 0 Å². The lowest BCUT2D eigenvalue weighted by Gasteiger charge is -2.42. The van der Waals surface area contributed by atoms with Crippen LogP contribution in [0.5, 0.6) is 11.5 Å². The van der Waals surface area contributed by atoms with Crippen LogP contribution in [0.2, 0.25) is 0 Å². The van der Waals surface area contributed by atoms with E-state index in [4.69, 9.17) is 19.6 Å². The lowest BCUT2D eigenvalue weighted by atomic mass is 9.96. The fourth-order valence-electron chi connectivity index (χ4n) is 5.84. The molecule has 0 aliphatic carbocycles. The molecule has 11 nitrogen and oxygen atoms in total. The van der Waals surface area contributed by atoms with E-state index in [-0.39, 0.29) is 23.8 Å². The highest BCUT2D eigenvalue weighted by Crippen LogP contribution is 2.32. The summed E-state index contributed by atoms with van der Waals surface area (Å²) < 4.78 is 12.8. The molecule has 0 spiro atoms. The number of piperidine rings is 1. The fourth-order valence-corrected chi connectivity index (χ4v) is 5.84. The maximum absolute atomic E-state index is 12.9. The minimum atomic E-state index is -0.116. The molecule has 4 aromatic rings. The highest BCUT2D eigenvalue weighted by Gasteiger charge is 2.38. The lowest BCUT2D eigenvalue weighted by Crippen LogP contribution is -2.57. The molecule has 0 atom stereocenters. The molecule has 2 aliphatic heterocycles. The molecule has 1 N–H and O–H groups in total. The summed E-state index contributed by atoms with van der Waals surface area (Å²) in [6.45, 7) is 7.88. The molecule has 2 fully saturated rings. The Labute approximate surface area is 250 Å². The zero-order chi connectivity index (χ0) is 30.1. The van der Waals surface area contributed by atoms with Crippen molar-refractivity contribution in [1.29, 1.82) is 0 Å². The van der Waals surface area contributed by atoms with Crippen LogP contribution >= 0.6 is 0 Å². The van der Waals surface area contributed by atoms with Crippen molar-refractivity contribution in [3.05, 3.63) is 67.1 Å². The highest BCUT2D eigenvalue weighted by atomic mass is 16.5. The second kappa shape index (κ2) is 11.7. The molecule has 0 saturated carbocycles. The summed E-state index contributed by atoms with van der Waals surface area (Å²) >= 11 is 0. The minimum absolute atomic E-state index is 0.112. The van der Waals surface area contributed by atoms with Gasteiger partial charge in [-0.1, -0.05) is 6.58 Å². The molecule has 2 aromatic heterocycles. The molecule has 0 bridgehead atoms. The standard InChI is InChI=1S/C32H35N7O4/c1-5-31(40)38-18-21(19-38)32(41)37-10-8-24(9-11-37)39-20(2)27(16-34-39)30-17-33-28-7-6-22(14-29(28)36-30)35-23-12-25(42-3)15-26(13-23)43-4/h5-7,12-17,21,24,35H,1,8-11,18-19H2,2-4H3. The monoisotopic (exact) mass is 581 g/mol. The minimum Gasteiger partial charge on any atom is -0.497 e. The Bertz CT molecular complexity index is 1660. The number of anilines is 2. The van der Waals surface area contributed by atoms with E-state index in [1.807, 2.05) is 47.5 Å². The topological polar surface area (TPSA) is 115 Å². The number of fused-ring (bicyclic) bond motifs is 1. The molecule has 2 aliphatic rings. The lowest BCUT2D eigenvalue weighted by molar-refractivity contribution is -0.147.